The lowest BCUT2D eigenvalue weighted by atomic mass is 9.92. The van der Waals surface area contributed by atoms with Crippen molar-refractivity contribution in [1.29, 1.82) is 0 Å². The first-order valence-electron chi connectivity index (χ1n) is 6.22. The Labute approximate surface area is 110 Å². The molecule has 3 heteroatoms. The van der Waals surface area contributed by atoms with Crippen molar-refractivity contribution in [2.45, 2.75) is 40.7 Å². The van der Waals surface area contributed by atoms with E-state index in [-0.39, 0.29) is 11.3 Å². The highest BCUT2D eigenvalue weighted by molar-refractivity contribution is 5.76. The summed E-state index contributed by atoms with van der Waals surface area (Å²) in [6.07, 6.45) is 0.544. The molecule has 0 saturated carbocycles. The fraction of sp³-hybridized carbons (Fsp3) is 0.533. The van der Waals surface area contributed by atoms with Gasteiger partial charge in [0.1, 0.15) is 5.75 Å². The van der Waals surface area contributed by atoms with Crippen molar-refractivity contribution in [2.24, 2.45) is 5.41 Å². The lowest BCUT2D eigenvalue weighted by Gasteiger charge is -2.17. The van der Waals surface area contributed by atoms with Crippen molar-refractivity contribution in [3.8, 4) is 5.75 Å². The van der Waals surface area contributed by atoms with Crippen LogP contribution >= 0.6 is 0 Å². The Morgan fingerprint density at radius 3 is 2.50 bits per heavy atom. The van der Waals surface area contributed by atoms with E-state index in [0.717, 1.165) is 16.9 Å². The van der Waals surface area contributed by atoms with Crippen LogP contribution in [0.4, 0.5) is 0 Å². The summed E-state index contributed by atoms with van der Waals surface area (Å²) in [5, 5.41) is 2.94. The van der Waals surface area contributed by atoms with Gasteiger partial charge >= 0.3 is 0 Å². The Bertz CT molecular complexity index is 419. The molecule has 1 rings (SSSR count). The van der Waals surface area contributed by atoms with Crippen LogP contribution in [0.5, 0.6) is 5.75 Å². The molecule has 0 spiro atoms. The van der Waals surface area contributed by atoms with Gasteiger partial charge in [0, 0.05) is 13.0 Å². The highest BCUT2D eigenvalue weighted by Gasteiger charge is 2.15. The van der Waals surface area contributed by atoms with Gasteiger partial charge in [-0.25, -0.2) is 0 Å². The van der Waals surface area contributed by atoms with Crippen LogP contribution in [0.3, 0.4) is 0 Å². The second-order valence-electron chi connectivity index (χ2n) is 5.82. The smallest absolute Gasteiger partial charge is 0.220 e. The molecule has 0 aliphatic rings. The van der Waals surface area contributed by atoms with Gasteiger partial charge in [-0.15, -0.1) is 0 Å². The maximum atomic E-state index is 11.7. The standard InChI is InChI=1S/C15H23NO2/c1-11-8-12(6-7-13(11)18-5)10-16-14(17)9-15(2,3)4/h6-8H,9-10H2,1-5H3,(H,16,17). The fourth-order valence-electron chi connectivity index (χ4n) is 1.80. The first-order chi connectivity index (χ1) is 8.31. The third-order valence-corrected chi connectivity index (χ3v) is 2.64. The summed E-state index contributed by atoms with van der Waals surface area (Å²) in [6, 6.07) is 5.94. The van der Waals surface area contributed by atoms with E-state index in [0.29, 0.717) is 13.0 Å². The van der Waals surface area contributed by atoms with Crippen molar-refractivity contribution >= 4 is 5.91 Å². The summed E-state index contributed by atoms with van der Waals surface area (Å²) in [6.45, 7) is 8.75. The largest absolute Gasteiger partial charge is 0.496 e. The normalized spacial score (nSPS) is 11.2. The minimum atomic E-state index is 0.0277. The minimum absolute atomic E-state index is 0.0277. The van der Waals surface area contributed by atoms with Gasteiger partial charge in [0.05, 0.1) is 7.11 Å². The zero-order chi connectivity index (χ0) is 13.8. The molecule has 1 aromatic rings. The van der Waals surface area contributed by atoms with Gasteiger partial charge in [-0.3, -0.25) is 4.79 Å². The lowest BCUT2D eigenvalue weighted by molar-refractivity contribution is -0.122. The molecule has 1 N–H and O–H groups in total. The van der Waals surface area contributed by atoms with Crippen molar-refractivity contribution in [3.05, 3.63) is 29.3 Å². The molecule has 3 nitrogen and oxygen atoms in total. The molecular formula is C15H23NO2. The van der Waals surface area contributed by atoms with E-state index in [2.05, 4.69) is 26.1 Å². The third-order valence-electron chi connectivity index (χ3n) is 2.64. The molecule has 0 saturated heterocycles. The number of ether oxygens (including phenoxy) is 1. The number of methoxy groups -OCH3 is 1. The summed E-state index contributed by atoms with van der Waals surface area (Å²) in [4.78, 5) is 11.7. The third kappa shape index (κ3) is 4.78. The van der Waals surface area contributed by atoms with Crippen molar-refractivity contribution < 1.29 is 9.53 Å². The number of rotatable bonds is 4. The molecule has 0 atom stereocenters. The van der Waals surface area contributed by atoms with E-state index >= 15 is 0 Å². The fourth-order valence-corrected chi connectivity index (χ4v) is 1.80. The number of aryl methyl sites for hydroxylation is 1. The molecule has 18 heavy (non-hydrogen) atoms. The second-order valence-corrected chi connectivity index (χ2v) is 5.82. The molecule has 1 aromatic carbocycles. The van der Waals surface area contributed by atoms with Crippen LogP contribution in [0, 0.1) is 12.3 Å². The zero-order valence-electron chi connectivity index (χ0n) is 12.0. The first kappa shape index (κ1) is 14.6. The Kier molecular flexibility index (Phi) is 4.76. The predicted octanol–water partition coefficient (Wildman–Crippen LogP) is 3.06. The summed E-state index contributed by atoms with van der Waals surface area (Å²) in [7, 11) is 1.66. The van der Waals surface area contributed by atoms with Crippen LogP contribution in [0.25, 0.3) is 0 Å². The molecule has 0 bridgehead atoms. The number of carbonyl (C=O) groups is 1. The van der Waals surface area contributed by atoms with Crippen molar-refractivity contribution in [1.82, 2.24) is 5.32 Å². The minimum Gasteiger partial charge on any atom is -0.496 e. The van der Waals surface area contributed by atoms with E-state index in [4.69, 9.17) is 4.74 Å². The summed E-state index contributed by atoms with van der Waals surface area (Å²) < 4.78 is 5.20. The summed E-state index contributed by atoms with van der Waals surface area (Å²) in [5.74, 6) is 0.968. The lowest BCUT2D eigenvalue weighted by Crippen LogP contribution is -2.27. The summed E-state index contributed by atoms with van der Waals surface area (Å²) >= 11 is 0. The van der Waals surface area contributed by atoms with E-state index in [9.17, 15) is 4.79 Å². The van der Waals surface area contributed by atoms with Crippen LogP contribution in [0.15, 0.2) is 18.2 Å². The molecule has 0 aromatic heterocycles. The predicted molar refractivity (Wildman–Crippen MR) is 73.6 cm³/mol. The van der Waals surface area contributed by atoms with Gasteiger partial charge in [-0.2, -0.15) is 0 Å². The molecular weight excluding hydrogens is 226 g/mol. The molecule has 0 aliphatic heterocycles. The highest BCUT2D eigenvalue weighted by Crippen LogP contribution is 2.19. The Morgan fingerprint density at radius 2 is 2.00 bits per heavy atom. The van der Waals surface area contributed by atoms with E-state index in [1.807, 2.05) is 25.1 Å². The topological polar surface area (TPSA) is 38.3 Å². The van der Waals surface area contributed by atoms with Crippen LogP contribution in [0.2, 0.25) is 0 Å². The van der Waals surface area contributed by atoms with Crippen molar-refractivity contribution in [2.75, 3.05) is 7.11 Å². The van der Waals surface area contributed by atoms with Crippen LogP contribution < -0.4 is 10.1 Å². The van der Waals surface area contributed by atoms with Gasteiger partial charge in [0.15, 0.2) is 0 Å². The molecule has 0 fully saturated rings. The van der Waals surface area contributed by atoms with Gasteiger partial charge < -0.3 is 10.1 Å². The molecule has 0 heterocycles. The van der Waals surface area contributed by atoms with Crippen LogP contribution in [-0.2, 0) is 11.3 Å². The SMILES string of the molecule is COc1ccc(CNC(=O)CC(C)(C)C)cc1C. The van der Waals surface area contributed by atoms with Gasteiger partial charge in [0.25, 0.3) is 0 Å². The maximum Gasteiger partial charge on any atom is 0.220 e. The Hall–Kier alpha value is -1.51. The van der Waals surface area contributed by atoms with E-state index in [1.54, 1.807) is 7.11 Å². The van der Waals surface area contributed by atoms with Gasteiger partial charge in [0.2, 0.25) is 5.91 Å². The zero-order valence-corrected chi connectivity index (χ0v) is 12.0. The number of amides is 1. The van der Waals surface area contributed by atoms with E-state index in [1.165, 1.54) is 0 Å². The second kappa shape index (κ2) is 5.89. The molecule has 100 valence electrons. The van der Waals surface area contributed by atoms with Crippen LogP contribution in [-0.4, -0.2) is 13.0 Å². The first-order valence-corrected chi connectivity index (χ1v) is 6.22. The molecule has 0 unspecified atom stereocenters. The van der Waals surface area contributed by atoms with Crippen molar-refractivity contribution in [3.63, 3.8) is 0 Å². The molecule has 0 radical (unpaired) electrons. The highest BCUT2D eigenvalue weighted by atomic mass is 16.5. The number of benzene rings is 1. The molecule has 0 aliphatic carbocycles. The number of carbonyl (C=O) groups excluding carboxylic acids is 1. The number of hydrogen-bond acceptors (Lipinski definition) is 2. The van der Waals surface area contributed by atoms with Gasteiger partial charge in [-0.1, -0.05) is 32.9 Å². The average molecular weight is 249 g/mol. The average Bonchev–Trinajstić information content (AvgIpc) is 2.24. The van der Waals surface area contributed by atoms with Crippen LogP contribution in [0.1, 0.15) is 38.3 Å². The summed E-state index contributed by atoms with van der Waals surface area (Å²) in [5.41, 5.74) is 2.20. The van der Waals surface area contributed by atoms with E-state index < -0.39 is 0 Å². The monoisotopic (exact) mass is 249 g/mol. The number of hydrogen-bond donors (Lipinski definition) is 1. The maximum absolute atomic E-state index is 11.7. The quantitative estimate of drug-likeness (QED) is 0.890. The van der Waals surface area contributed by atoms with Gasteiger partial charge in [-0.05, 0) is 29.5 Å². The molecule has 1 amide bonds. The number of nitrogens with one attached hydrogen (secondary N) is 1. The Balaban J connectivity index is 2.54. The Morgan fingerprint density at radius 1 is 1.33 bits per heavy atom.